The Morgan fingerprint density at radius 3 is 2.80 bits per heavy atom. The Labute approximate surface area is 89.6 Å². The van der Waals surface area contributed by atoms with Crippen LogP contribution < -0.4 is 15.2 Å². The molecule has 0 atom stereocenters. The number of methoxy groups -OCH3 is 1. The van der Waals surface area contributed by atoms with Gasteiger partial charge in [0.1, 0.15) is 11.5 Å². The number of unbranched alkanes of at least 4 members (excludes halogenated alkanes) is 1. The first kappa shape index (κ1) is 11.7. The van der Waals surface area contributed by atoms with Gasteiger partial charge in [-0.1, -0.05) is 0 Å². The summed E-state index contributed by atoms with van der Waals surface area (Å²) in [7, 11) is 1.60. The SMILES string of the molecule is COc1ccc(N)c(OCCCCO)c1. The lowest BCUT2D eigenvalue weighted by Crippen LogP contribution is -2.01. The number of aliphatic hydroxyl groups is 1. The van der Waals surface area contributed by atoms with Gasteiger partial charge < -0.3 is 20.3 Å². The van der Waals surface area contributed by atoms with Crippen molar-refractivity contribution in [2.75, 3.05) is 26.1 Å². The minimum atomic E-state index is 0.191. The molecule has 0 fully saturated rings. The molecule has 0 unspecified atom stereocenters. The van der Waals surface area contributed by atoms with Crippen LogP contribution in [-0.2, 0) is 0 Å². The number of hydrogen-bond acceptors (Lipinski definition) is 4. The predicted octanol–water partition coefficient (Wildman–Crippen LogP) is 1.43. The van der Waals surface area contributed by atoms with Gasteiger partial charge in [-0.3, -0.25) is 0 Å². The zero-order valence-electron chi connectivity index (χ0n) is 8.90. The lowest BCUT2D eigenvalue weighted by Gasteiger charge is -2.09. The molecule has 1 aromatic carbocycles. The Morgan fingerprint density at radius 2 is 2.13 bits per heavy atom. The lowest BCUT2D eigenvalue weighted by molar-refractivity contribution is 0.253. The van der Waals surface area contributed by atoms with Crippen molar-refractivity contribution in [3.8, 4) is 11.5 Å². The van der Waals surface area contributed by atoms with E-state index in [-0.39, 0.29) is 6.61 Å². The summed E-state index contributed by atoms with van der Waals surface area (Å²) in [4.78, 5) is 0. The van der Waals surface area contributed by atoms with Crippen LogP contribution in [0.3, 0.4) is 0 Å². The van der Waals surface area contributed by atoms with Gasteiger partial charge in [0.25, 0.3) is 0 Å². The fraction of sp³-hybridized carbons (Fsp3) is 0.455. The smallest absolute Gasteiger partial charge is 0.145 e. The molecule has 0 aliphatic heterocycles. The van der Waals surface area contributed by atoms with E-state index in [0.29, 0.717) is 18.0 Å². The Hall–Kier alpha value is -1.42. The Kier molecular flexibility index (Phi) is 4.77. The maximum atomic E-state index is 8.60. The molecule has 15 heavy (non-hydrogen) atoms. The predicted molar refractivity (Wildman–Crippen MR) is 59.2 cm³/mol. The zero-order valence-corrected chi connectivity index (χ0v) is 8.90. The third-order valence-electron chi connectivity index (χ3n) is 2.03. The maximum Gasteiger partial charge on any atom is 0.145 e. The van der Waals surface area contributed by atoms with Crippen LogP contribution in [0.5, 0.6) is 11.5 Å². The quantitative estimate of drug-likeness (QED) is 0.552. The monoisotopic (exact) mass is 211 g/mol. The number of aliphatic hydroxyl groups excluding tert-OH is 1. The number of nitrogen functional groups attached to an aromatic ring is 1. The van der Waals surface area contributed by atoms with Crippen LogP contribution in [0.1, 0.15) is 12.8 Å². The minimum Gasteiger partial charge on any atom is -0.497 e. The van der Waals surface area contributed by atoms with Crippen molar-refractivity contribution < 1.29 is 14.6 Å². The highest BCUT2D eigenvalue weighted by atomic mass is 16.5. The van der Waals surface area contributed by atoms with E-state index in [0.717, 1.165) is 18.6 Å². The van der Waals surface area contributed by atoms with E-state index in [1.54, 1.807) is 25.3 Å². The topological polar surface area (TPSA) is 64.7 Å². The van der Waals surface area contributed by atoms with Crippen molar-refractivity contribution >= 4 is 5.69 Å². The number of anilines is 1. The van der Waals surface area contributed by atoms with Crippen LogP contribution in [0.2, 0.25) is 0 Å². The average molecular weight is 211 g/mol. The van der Waals surface area contributed by atoms with Gasteiger partial charge in [-0.15, -0.1) is 0 Å². The second-order valence-corrected chi connectivity index (χ2v) is 3.18. The molecule has 0 aliphatic rings. The largest absolute Gasteiger partial charge is 0.497 e. The third kappa shape index (κ3) is 3.67. The van der Waals surface area contributed by atoms with E-state index in [9.17, 15) is 0 Å². The van der Waals surface area contributed by atoms with Crippen LogP contribution in [0.25, 0.3) is 0 Å². The van der Waals surface area contributed by atoms with Crippen molar-refractivity contribution in [1.29, 1.82) is 0 Å². The first-order valence-corrected chi connectivity index (χ1v) is 4.95. The summed E-state index contributed by atoms with van der Waals surface area (Å²) in [5.74, 6) is 1.36. The second-order valence-electron chi connectivity index (χ2n) is 3.18. The molecule has 3 N–H and O–H groups in total. The summed E-state index contributed by atoms with van der Waals surface area (Å²) in [5.41, 5.74) is 6.33. The van der Waals surface area contributed by atoms with Crippen molar-refractivity contribution in [3.63, 3.8) is 0 Å². The molecule has 4 nitrogen and oxygen atoms in total. The summed E-state index contributed by atoms with van der Waals surface area (Å²) >= 11 is 0. The Bertz CT molecular complexity index is 302. The first-order chi connectivity index (χ1) is 7.27. The van der Waals surface area contributed by atoms with Gasteiger partial charge in [0.15, 0.2) is 0 Å². The first-order valence-electron chi connectivity index (χ1n) is 4.95. The molecular formula is C11H17NO3. The van der Waals surface area contributed by atoms with Gasteiger partial charge in [-0.2, -0.15) is 0 Å². The molecule has 1 rings (SSSR count). The molecule has 0 aromatic heterocycles. The molecule has 1 aromatic rings. The van der Waals surface area contributed by atoms with Crippen molar-refractivity contribution in [3.05, 3.63) is 18.2 Å². The van der Waals surface area contributed by atoms with Gasteiger partial charge in [0.05, 0.1) is 19.4 Å². The summed E-state index contributed by atoms with van der Waals surface area (Å²) in [6, 6.07) is 5.30. The summed E-state index contributed by atoms with van der Waals surface area (Å²) < 4.78 is 10.5. The van der Waals surface area contributed by atoms with Crippen molar-refractivity contribution in [1.82, 2.24) is 0 Å². The van der Waals surface area contributed by atoms with E-state index < -0.39 is 0 Å². The lowest BCUT2D eigenvalue weighted by atomic mass is 10.3. The van der Waals surface area contributed by atoms with Crippen molar-refractivity contribution in [2.24, 2.45) is 0 Å². The molecule has 0 saturated carbocycles. The summed E-state index contributed by atoms with van der Waals surface area (Å²) in [5, 5.41) is 8.60. The van der Waals surface area contributed by atoms with Crippen LogP contribution in [0.4, 0.5) is 5.69 Å². The summed E-state index contributed by atoms with van der Waals surface area (Å²) in [6.07, 6.45) is 1.55. The third-order valence-corrected chi connectivity index (χ3v) is 2.03. The standard InChI is InChI=1S/C11H17NO3/c1-14-9-4-5-10(12)11(8-9)15-7-3-2-6-13/h4-5,8,13H,2-3,6-7,12H2,1H3. The van der Waals surface area contributed by atoms with E-state index in [4.69, 9.17) is 20.3 Å². The van der Waals surface area contributed by atoms with E-state index >= 15 is 0 Å². The number of nitrogens with two attached hydrogens (primary N) is 1. The highest BCUT2D eigenvalue weighted by Crippen LogP contribution is 2.26. The Morgan fingerprint density at radius 1 is 1.33 bits per heavy atom. The highest BCUT2D eigenvalue weighted by Gasteiger charge is 2.02. The average Bonchev–Trinajstić information content (AvgIpc) is 2.26. The number of hydrogen-bond donors (Lipinski definition) is 2. The van der Waals surface area contributed by atoms with E-state index in [1.165, 1.54) is 0 Å². The second kappa shape index (κ2) is 6.14. The van der Waals surface area contributed by atoms with Gasteiger partial charge in [0.2, 0.25) is 0 Å². The van der Waals surface area contributed by atoms with Gasteiger partial charge >= 0.3 is 0 Å². The van der Waals surface area contributed by atoms with Crippen LogP contribution in [0.15, 0.2) is 18.2 Å². The highest BCUT2D eigenvalue weighted by molar-refractivity contribution is 5.55. The molecule has 0 radical (unpaired) electrons. The molecule has 0 amide bonds. The molecule has 0 aliphatic carbocycles. The van der Waals surface area contributed by atoms with Gasteiger partial charge in [0, 0.05) is 12.7 Å². The number of rotatable bonds is 6. The Balaban J connectivity index is 2.51. The van der Waals surface area contributed by atoms with Gasteiger partial charge in [-0.05, 0) is 25.0 Å². The fourth-order valence-electron chi connectivity index (χ4n) is 1.16. The normalized spacial score (nSPS) is 10.0. The van der Waals surface area contributed by atoms with Crippen LogP contribution >= 0.6 is 0 Å². The molecule has 0 saturated heterocycles. The van der Waals surface area contributed by atoms with E-state index in [1.807, 2.05) is 0 Å². The van der Waals surface area contributed by atoms with Crippen molar-refractivity contribution in [2.45, 2.75) is 12.8 Å². The van der Waals surface area contributed by atoms with Crippen LogP contribution in [0, 0.1) is 0 Å². The van der Waals surface area contributed by atoms with E-state index in [2.05, 4.69) is 0 Å². The molecular weight excluding hydrogens is 194 g/mol. The fourth-order valence-corrected chi connectivity index (χ4v) is 1.16. The maximum absolute atomic E-state index is 8.60. The number of benzene rings is 1. The minimum absolute atomic E-state index is 0.191. The van der Waals surface area contributed by atoms with Crippen LogP contribution in [-0.4, -0.2) is 25.4 Å². The molecule has 0 bridgehead atoms. The molecule has 4 heteroatoms. The molecule has 0 heterocycles. The van der Waals surface area contributed by atoms with Gasteiger partial charge in [-0.25, -0.2) is 0 Å². The molecule has 84 valence electrons. The summed E-state index contributed by atoms with van der Waals surface area (Å²) in [6.45, 7) is 0.745. The molecule has 0 spiro atoms. The number of ether oxygens (including phenoxy) is 2. The zero-order chi connectivity index (χ0) is 11.1.